The average molecular weight is 587 g/mol. The van der Waals surface area contributed by atoms with Gasteiger partial charge in [0, 0.05) is 22.1 Å². The normalized spacial score (nSPS) is 19.3. The van der Waals surface area contributed by atoms with Crippen molar-refractivity contribution in [3.05, 3.63) is 53.1 Å². The van der Waals surface area contributed by atoms with Crippen molar-refractivity contribution >= 4 is 68.7 Å². The van der Waals surface area contributed by atoms with Crippen LogP contribution in [0.15, 0.2) is 57.0 Å². The molecular weight excluding hydrogens is 564 g/mol. The van der Waals surface area contributed by atoms with Crippen LogP contribution in [0.25, 0.3) is 10.1 Å². The van der Waals surface area contributed by atoms with Gasteiger partial charge in [0.05, 0.1) is 17.1 Å². The van der Waals surface area contributed by atoms with Gasteiger partial charge in [0.2, 0.25) is 5.60 Å². The summed E-state index contributed by atoms with van der Waals surface area (Å²) in [7, 11) is 0. The molecule has 0 spiro atoms. The molecule has 0 aromatic carbocycles. The average Bonchev–Trinajstić information content (AvgIpc) is 3.55. The number of fused-ring (bicyclic) bond motifs is 2. The zero-order chi connectivity index (χ0) is 28.8. The highest BCUT2D eigenvalue weighted by Crippen LogP contribution is 2.40. The molecule has 3 aromatic heterocycles. The fraction of sp³-hybridized carbons (Fsp3) is 0.292. The van der Waals surface area contributed by atoms with Crippen molar-refractivity contribution in [1.82, 2.24) is 15.2 Å². The first-order valence-corrected chi connectivity index (χ1v) is 13.7. The summed E-state index contributed by atoms with van der Waals surface area (Å²) in [4.78, 5) is 59.8. The molecule has 0 bridgehead atoms. The summed E-state index contributed by atoms with van der Waals surface area (Å²) in [6, 6.07) is 2.50. The topological polar surface area (TPSA) is 204 Å². The summed E-state index contributed by atoms with van der Waals surface area (Å²) in [6.45, 7) is 2.68. The van der Waals surface area contributed by atoms with Crippen LogP contribution in [0.5, 0.6) is 0 Å². The van der Waals surface area contributed by atoms with Crippen LogP contribution in [-0.2, 0) is 30.6 Å². The molecule has 4 N–H and O–H groups in total. The molecule has 5 rings (SSSR count). The van der Waals surface area contributed by atoms with Gasteiger partial charge < -0.3 is 35.3 Å². The van der Waals surface area contributed by atoms with Gasteiger partial charge in [-0.05, 0) is 25.3 Å². The first-order valence-electron chi connectivity index (χ1n) is 11.7. The fourth-order valence-electron chi connectivity index (χ4n) is 4.08. The van der Waals surface area contributed by atoms with Gasteiger partial charge >= 0.3 is 5.97 Å². The van der Waals surface area contributed by atoms with Gasteiger partial charge in [-0.25, -0.2) is 9.36 Å². The summed E-state index contributed by atoms with van der Waals surface area (Å²) >= 11 is 2.87. The van der Waals surface area contributed by atoms with Crippen LogP contribution in [-0.4, -0.2) is 67.2 Å². The number of anilines is 1. The lowest BCUT2D eigenvalue weighted by Gasteiger charge is -2.50. The largest absolute Gasteiger partial charge is 0.543 e. The third-order valence-electron chi connectivity index (χ3n) is 6.21. The molecular formula is C24H22N6O8S2. The van der Waals surface area contributed by atoms with Crippen LogP contribution in [0.4, 0.5) is 6.01 Å². The second-order valence-corrected chi connectivity index (χ2v) is 11.4. The molecule has 2 amide bonds. The number of thioether (sulfide) groups is 1. The Labute approximate surface area is 234 Å². The number of nitrogens with zero attached hydrogens (tertiary/aromatic N) is 4. The number of rotatable bonds is 9. The first kappa shape index (κ1) is 27.1. The fourth-order valence-corrected chi connectivity index (χ4v) is 6.17. The van der Waals surface area contributed by atoms with Crippen molar-refractivity contribution in [3.63, 3.8) is 0 Å². The summed E-state index contributed by atoms with van der Waals surface area (Å²) in [5.74, 6) is -4.16. The Hall–Kier alpha value is -4.44. The summed E-state index contributed by atoms with van der Waals surface area (Å²) in [6.07, 6.45) is 4.75. The number of pyridine rings is 1. The maximum Gasteiger partial charge on any atom is 0.350 e. The first-order chi connectivity index (χ1) is 19.0. The number of carbonyl (C=O) groups excluding carboxylic acids is 3. The molecule has 5 heterocycles. The lowest BCUT2D eigenvalue weighted by atomic mass is 10.0. The third kappa shape index (κ3) is 4.98. The second-order valence-electron chi connectivity index (χ2n) is 9.38. The number of oxime groups is 1. The van der Waals surface area contributed by atoms with E-state index in [1.165, 1.54) is 25.6 Å². The van der Waals surface area contributed by atoms with Crippen LogP contribution in [0.1, 0.15) is 19.5 Å². The Bertz CT molecular complexity index is 1610. The molecule has 14 nitrogen and oxygen atoms in total. The Morgan fingerprint density at radius 2 is 2.17 bits per heavy atom. The highest BCUT2D eigenvalue weighted by molar-refractivity contribution is 8.00. The van der Waals surface area contributed by atoms with E-state index in [9.17, 15) is 29.4 Å². The number of carboxylic acids is 2. The molecule has 3 aromatic rings. The maximum absolute atomic E-state index is 13.2. The lowest BCUT2D eigenvalue weighted by Crippen LogP contribution is -2.71. The van der Waals surface area contributed by atoms with Gasteiger partial charge in [-0.2, -0.15) is 4.98 Å². The van der Waals surface area contributed by atoms with E-state index in [4.69, 9.17) is 15.0 Å². The molecule has 0 aliphatic carbocycles. The van der Waals surface area contributed by atoms with Crippen molar-refractivity contribution in [2.75, 3.05) is 11.5 Å². The summed E-state index contributed by atoms with van der Waals surface area (Å²) in [5, 5.41) is 29.8. The number of β-lactam (4-membered cyclic amide) rings is 1. The number of hydrogen-bond donors (Lipinski definition) is 3. The number of nitrogens with one attached hydrogen (secondary N) is 1. The predicted molar refractivity (Wildman–Crippen MR) is 139 cm³/mol. The standard InChI is InChI=1S/C24H22N6O8S2/c1-24(2,22(35)36)38-28-15(13-9-37-23(25)26-13)18(31)27-16-19(32)30-17(21(33)34)12(10-40-20(16)30)8-29-5-3-14-11(7-29)4-6-39-14/h3-7,9,16,20H,8,10H2,1-2H3,(H4-,25,26,27,31,33,34,35,36)/t16?,20-/m1/s1. The van der Waals surface area contributed by atoms with E-state index < -0.39 is 46.5 Å². The minimum absolute atomic E-state index is 0.159. The van der Waals surface area contributed by atoms with Gasteiger partial charge in [0.15, 0.2) is 24.7 Å². The Kier molecular flexibility index (Phi) is 6.97. The van der Waals surface area contributed by atoms with Gasteiger partial charge in [-0.3, -0.25) is 14.5 Å². The van der Waals surface area contributed by atoms with Crippen LogP contribution in [0.2, 0.25) is 0 Å². The third-order valence-corrected chi connectivity index (χ3v) is 8.45. The number of carboxylic acid groups (broad SMARTS) is 2. The molecule has 0 saturated carbocycles. The zero-order valence-corrected chi connectivity index (χ0v) is 22.7. The number of thiophene rings is 1. The Morgan fingerprint density at radius 3 is 2.85 bits per heavy atom. The van der Waals surface area contributed by atoms with Crippen LogP contribution >= 0.6 is 23.1 Å². The van der Waals surface area contributed by atoms with Crippen molar-refractivity contribution < 1.29 is 43.2 Å². The number of nitrogen functional groups attached to an aromatic ring is 1. The number of aromatic nitrogens is 2. The molecule has 1 fully saturated rings. The molecule has 1 saturated heterocycles. The van der Waals surface area contributed by atoms with Crippen molar-refractivity contribution in [3.8, 4) is 0 Å². The maximum atomic E-state index is 13.2. The SMILES string of the molecule is CC(C)(ON=C(C(=O)NC1C(=O)N2C(C(=O)[O-])=C(C[n+]3ccc4sccc4c3)CS[C@H]12)c1coc(N)n1)C(=O)O. The monoisotopic (exact) mass is 586 g/mol. The number of oxazole rings is 1. The van der Waals surface area contributed by atoms with E-state index in [1.807, 2.05) is 34.5 Å². The highest BCUT2D eigenvalue weighted by atomic mass is 32.2. The number of aliphatic carboxylic acids is 2. The van der Waals surface area contributed by atoms with E-state index in [-0.39, 0.29) is 29.7 Å². The summed E-state index contributed by atoms with van der Waals surface area (Å²) in [5.41, 5.74) is 3.31. The summed E-state index contributed by atoms with van der Waals surface area (Å²) < 4.78 is 7.85. The molecule has 2 aliphatic rings. The van der Waals surface area contributed by atoms with Crippen LogP contribution in [0, 0.1) is 0 Å². The van der Waals surface area contributed by atoms with Crippen LogP contribution in [0.3, 0.4) is 0 Å². The number of hydrogen-bond acceptors (Lipinski definition) is 12. The van der Waals surface area contributed by atoms with E-state index in [0.29, 0.717) is 5.57 Å². The van der Waals surface area contributed by atoms with E-state index in [0.717, 1.165) is 21.2 Å². The van der Waals surface area contributed by atoms with E-state index >= 15 is 0 Å². The van der Waals surface area contributed by atoms with Gasteiger partial charge in [-0.15, -0.1) is 23.1 Å². The number of carbonyl (C=O) groups is 4. The van der Waals surface area contributed by atoms with Crippen molar-refractivity contribution in [2.24, 2.45) is 5.16 Å². The van der Waals surface area contributed by atoms with Gasteiger partial charge in [0.25, 0.3) is 17.8 Å². The smallest absolute Gasteiger partial charge is 0.350 e. The van der Waals surface area contributed by atoms with E-state index in [1.54, 1.807) is 11.3 Å². The molecule has 2 aliphatic heterocycles. The highest BCUT2D eigenvalue weighted by Gasteiger charge is 2.53. The molecule has 0 radical (unpaired) electrons. The molecule has 2 atom stereocenters. The lowest BCUT2D eigenvalue weighted by molar-refractivity contribution is -0.687. The molecule has 40 heavy (non-hydrogen) atoms. The quantitative estimate of drug-likeness (QED) is 0.125. The van der Waals surface area contributed by atoms with E-state index in [2.05, 4.69) is 15.5 Å². The molecule has 1 unspecified atom stereocenters. The minimum Gasteiger partial charge on any atom is -0.543 e. The Morgan fingerprint density at radius 1 is 1.40 bits per heavy atom. The van der Waals surface area contributed by atoms with Crippen molar-refractivity contribution in [2.45, 2.75) is 37.4 Å². The predicted octanol–water partition coefficient (Wildman–Crippen LogP) is -0.553. The van der Waals surface area contributed by atoms with Gasteiger partial charge in [-0.1, -0.05) is 5.16 Å². The zero-order valence-electron chi connectivity index (χ0n) is 21.0. The van der Waals surface area contributed by atoms with Gasteiger partial charge in [0.1, 0.15) is 23.4 Å². The second kappa shape index (κ2) is 10.3. The minimum atomic E-state index is -1.79. The Balaban J connectivity index is 1.36. The number of nitrogens with two attached hydrogens (primary N) is 1. The number of amides is 2. The molecule has 208 valence electrons. The van der Waals surface area contributed by atoms with Crippen molar-refractivity contribution in [1.29, 1.82) is 0 Å². The van der Waals surface area contributed by atoms with Crippen LogP contribution < -0.4 is 20.7 Å². The molecule has 16 heteroatoms.